The lowest BCUT2D eigenvalue weighted by Gasteiger charge is -2.08. The van der Waals surface area contributed by atoms with Crippen molar-refractivity contribution in [3.63, 3.8) is 0 Å². The van der Waals surface area contributed by atoms with Crippen molar-refractivity contribution in [1.82, 2.24) is 0 Å². The van der Waals surface area contributed by atoms with Crippen molar-refractivity contribution >= 4 is 11.9 Å². The van der Waals surface area contributed by atoms with Crippen LogP contribution in [-0.4, -0.2) is 35.4 Å². The van der Waals surface area contributed by atoms with Crippen LogP contribution in [0.1, 0.15) is 40.0 Å². The van der Waals surface area contributed by atoms with Gasteiger partial charge in [0.25, 0.3) is 0 Å². The van der Waals surface area contributed by atoms with Crippen LogP contribution in [0.5, 0.6) is 0 Å². The summed E-state index contributed by atoms with van der Waals surface area (Å²) in [4.78, 5) is 20.9. The molecule has 1 heterocycles. The van der Waals surface area contributed by atoms with E-state index >= 15 is 0 Å². The Morgan fingerprint density at radius 1 is 0.889 bits per heavy atom. The maximum absolute atomic E-state index is 10.5. The lowest BCUT2D eigenvalue weighted by molar-refractivity contribution is 0.0651. The molecule has 0 atom stereocenters. The molecule has 1 saturated heterocycles. The minimum Gasteiger partial charge on any atom is -0.478 e. The number of hydrogen-bond acceptors (Lipinski definition) is 3. The van der Waals surface area contributed by atoms with Crippen LogP contribution < -0.4 is 0 Å². The summed E-state index contributed by atoms with van der Waals surface area (Å²) in [5.41, 5.74) is -0.380. The van der Waals surface area contributed by atoms with Gasteiger partial charge in [0.1, 0.15) is 0 Å². The summed E-state index contributed by atoms with van der Waals surface area (Å²) in [7, 11) is 0. The van der Waals surface area contributed by atoms with Gasteiger partial charge in [-0.05, 0) is 31.4 Å². The molecule has 1 aromatic carbocycles. The molecule has 0 aliphatic carbocycles. The third-order valence-corrected chi connectivity index (χ3v) is 2.47. The maximum Gasteiger partial charge on any atom is 0.336 e. The molecule has 0 radical (unpaired) electrons. The molecule has 5 heteroatoms. The van der Waals surface area contributed by atoms with Crippen LogP contribution in [0.2, 0.25) is 0 Å². The van der Waals surface area contributed by atoms with Gasteiger partial charge in [0.2, 0.25) is 0 Å². The first kappa shape index (κ1) is 14.2. The van der Waals surface area contributed by atoms with Gasteiger partial charge in [-0.1, -0.05) is 12.1 Å². The highest BCUT2D eigenvalue weighted by Crippen LogP contribution is 2.07. The standard InChI is InChI=1S/C8H6O4.C5H10O/c9-7(10)5-3-1-2-4-6(5)8(11)12;1-2-4-6-5-3-1/h1-4H,(H,9,10)(H,11,12);1-5H2. The molecule has 0 unspecified atom stereocenters. The van der Waals surface area contributed by atoms with E-state index in [0.29, 0.717) is 0 Å². The number of benzene rings is 1. The van der Waals surface area contributed by atoms with Crippen LogP contribution in [0.3, 0.4) is 0 Å². The molecule has 18 heavy (non-hydrogen) atoms. The average molecular weight is 252 g/mol. The van der Waals surface area contributed by atoms with E-state index in [1.165, 1.54) is 43.5 Å². The van der Waals surface area contributed by atoms with Gasteiger partial charge >= 0.3 is 11.9 Å². The molecule has 5 nitrogen and oxygen atoms in total. The van der Waals surface area contributed by atoms with Crippen molar-refractivity contribution in [2.75, 3.05) is 13.2 Å². The van der Waals surface area contributed by atoms with E-state index in [1.807, 2.05) is 0 Å². The number of hydrogen-bond donors (Lipinski definition) is 2. The largest absolute Gasteiger partial charge is 0.478 e. The minimum absolute atomic E-state index is 0.190. The molecular formula is C13H16O5. The Labute approximate surface area is 105 Å². The molecule has 98 valence electrons. The monoisotopic (exact) mass is 252 g/mol. The summed E-state index contributed by atoms with van der Waals surface area (Å²) in [5.74, 6) is -2.46. The number of carbonyl (C=O) groups is 2. The second kappa shape index (κ2) is 7.45. The Balaban J connectivity index is 0.000000225. The molecule has 0 saturated carbocycles. The summed E-state index contributed by atoms with van der Waals surface area (Å²) in [6.45, 7) is 2.00. The Hall–Kier alpha value is -1.88. The first-order chi connectivity index (χ1) is 8.63. The molecule has 0 spiro atoms. The van der Waals surface area contributed by atoms with E-state index in [9.17, 15) is 9.59 Å². The summed E-state index contributed by atoms with van der Waals surface area (Å²) >= 11 is 0. The van der Waals surface area contributed by atoms with Crippen molar-refractivity contribution < 1.29 is 24.5 Å². The van der Waals surface area contributed by atoms with Gasteiger partial charge in [0.15, 0.2) is 0 Å². The van der Waals surface area contributed by atoms with Crippen LogP contribution in [0.15, 0.2) is 24.3 Å². The fourth-order valence-corrected chi connectivity index (χ4v) is 1.54. The summed E-state index contributed by atoms with van der Waals surface area (Å²) < 4.78 is 5.07. The highest BCUT2D eigenvalue weighted by atomic mass is 16.5. The first-order valence-electron chi connectivity index (χ1n) is 5.76. The fraction of sp³-hybridized carbons (Fsp3) is 0.385. The Bertz CT molecular complexity index is 365. The predicted octanol–water partition coefficient (Wildman–Crippen LogP) is 2.27. The smallest absolute Gasteiger partial charge is 0.336 e. The number of rotatable bonds is 2. The first-order valence-corrected chi connectivity index (χ1v) is 5.76. The van der Waals surface area contributed by atoms with Crippen LogP contribution in [0.25, 0.3) is 0 Å². The van der Waals surface area contributed by atoms with E-state index in [0.717, 1.165) is 13.2 Å². The van der Waals surface area contributed by atoms with Crippen LogP contribution >= 0.6 is 0 Å². The van der Waals surface area contributed by atoms with Gasteiger partial charge in [-0.25, -0.2) is 9.59 Å². The third-order valence-electron chi connectivity index (χ3n) is 2.47. The van der Waals surface area contributed by atoms with E-state index in [1.54, 1.807) is 0 Å². The third kappa shape index (κ3) is 4.55. The van der Waals surface area contributed by atoms with Crippen molar-refractivity contribution in [2.45, 2.75) is 19.3 Å². The molecule has 1 fully saturated rings. The Morgan fingerprint density at radius 2 is 1.33 bits per heavy atom. The van der Waals surface area contributed by atoms with E-state index in [-0.39, 0.29) is 11.1 Å². The van der Waals surface area contributed by atoms with Crippen molar-refractivity contribution in [3.05, 3.63) is 35.4 Å². The molecule has 1 aliphatic heterocycles. The lowest BCUT2D eigenvalue weighted by Crippen LogP contribution is -2.06. The predicted molar refractivity (Wildman–Crippen MR) is 65.0 cm³/mol. The van der Waals surface area contributed by atoms with Gasteiger partial charge in [-0.3, -0.25) is 0 Å². The van der Waals surface area contributed by atoms with Crippen molar-refractivity contribution in [1.29, 1.82) is 0 Å². The molecule has 2 rings (SSSR count). The number of ether oxygens (including phenoxy) is 1. The van der Waals surface area contributed by atoms with Gasteiger partial charge in [0.05, 0.1) is 11.1 Å². The lowest BCUT2D eigenvalue weighted by atomic mass is 10.1. The number of aromatic carboxylic acids is 2. The Morgan fingerprint density at radius 3 is 1.56 bits per heavy atom. The summed E-state index contributed by atoms with van der Waals surface area (Å²) in [5, 5.41) is 17.1. The zero-order valence-electron chi connectivity index (χ0n) is 9.96. The van der Waals surface area contributed by atoms with Crippen molar-refractivity contribution in [2.24, 2.45) is 0 Å². The highest BCUT2D eigenvalue weighted by molar-refractivity contribution is 6.01. The minimum atomic E-state index is -1.23. The molecule has 0 aromatic heterocycles. The quantitative estimate of drug-likeness (QED) is 0.843. The summed E-state index contributed by atoms with van der Waals surface area (Å²) in [6.07, 6.45) is 3.93. The maximum atomic E-state index is 10.5. The normalized spacial score (nSPS) is 14.2. The van der Waals surface area contributed by atoms with E-state index in [2.05, 4.69) is 0 Å². The zero-order chi connectivity index (χ0) is 13.4. The SMILES string of the molecule is C1CCOCC1.O=C(O)c1ccccc1C(=O)O. The van der Waals surface area contributed by atoms with Gasteiger partial charge in [0, 0.05) is 13.2 Å². The second-order valence-corrected chi connectivity index (χ2v) is 3.83. The van der Waals surface area contributed by atoms with E-state index < -0.39 is 11.9 Å². The summed E-state index contributed by atoms with van der Waals surface area (Å²) in [6, 6.07) is 5.48. The average Bonchev–Trinajstić information content (AvgIpc) is 2.41. The molecule has 0 bridgehead atoms. The van der Waals surface area contributed by atoms with E-state index in [4.69, 9.17) is 14.9 Å². The number of carboxylic acid groups (broad SMARTS) is 2. The fourth-order valence-electron chi connectivity index (χ4n) is 1.54. The molecule has 2 N–H and O–H groups in total. The molecular weight excluding hydrogens is 236 g/mol. The number of carboxylic acids is 2. The molecule has 1 aromatic rings. The zero-order valence-corrected chi connectivity index (χ0v) is 9.96. The van der Waals surface area contributed by atoms with Gasteiger partial charge in [-0.15, -0.1) is 0 Å². The van der Waals surface area contributed by atoms with Gasteiger partial charge < -0.3 is 14.9 Å². The van der Waals surface area contributed by atoms with Crippen LogP contribution in [-0.2, 0) is 4.74 Å². The van der Waals surface area contributed by atoms with Crippen molar-refractivity contribution in [3.8, 4) is 0 Å². The second-order valence-electron chi connectivity index (χ2n) is 3.83. The molecule has 1 aliphatic rings. The Kier molecular flexibility index (Phi) is 5.87. The topological polar surface area (TPSA) is 83.8 Å². The highest BCUT2D eigenvalue weighted by Gasteiger charge is 2.13. The van der Waals surface area contributed by atoms with Gasteiger partial charge in [-0.2, -0.15) is 0 Å². The van der Waals surface area contributed by atoms with Crippen LogP contribution in [0.4, 0.5) is 0 Å². The van der Waals surface area contributed by atoms with Crippen LogP contribution in [0, 0.1) is 0 Å². The molecule has 0 amide bonds.